The quantitative estimate of drug-likeness (QED) is 0.719. The molecule has 6 nitrogen and oxygen atoms in total. The Morgan fingerprint density at radius 3 is 2.79 bits per heavy atom. The molecule has 4 rings (SSSR count). The van der Waals surface area contributed by atoms with Gasteiger partial charge in [-0.2, -0.15) is 4.98 Å². The Morgan fingerprint density at radius 2 is 2.00 bits per heavy atom. The van der Waals surface area contributed by atoms with Crippen molar-refractivity contribution in [1.29, 1.82) is 0 Å². The topological polar surface area (TPSA) is 70.2 Å². The number of oxazole rings is 1. The predicted octanol–water partition coefficient (Wildman–Crippen LogP) is 2.90. The van der Waals surface area contributed by atoms with Crippen LogP contribution in [0.2, 0.25) is 0 Å². The van der Waals surface area contributed by atoms with E-state index in [0.29, 0.717) is 18.8 Å². The van der Waals surface area contributed by atoms with Crippen molar-refractivity contribution in [1.82, 2.24) is 14.5 Å². The molecule has 0 saturated heterocycles. The molecular weight excluding hydrogens is 327 g/mol. The van der Waals surface area contributed by atoms with Gasteiger partial charge in [0.1, 0.15) is 11.6 Å². The molecule has 3 aromatic rings. The molecular formula is C15H10F3N3O3. The third-order valence-electron chi connectivity index (χ3n) is 3.72. The zero-order valence-corrected chi connectivity index (χ0v) is 12.1. The van der Waals surface area contributed by atoms with E-state index >= 15 is 0 Å². The van der Waals surface area contributed by atoms with Crippen LogP contribution in [0.15, 0.2) is 33.5 Å². The van der Waals surface area contributed by atoms with E-state index in [0.717, 1.165) is 12.5 Å². The largest absolute Gasteiger partial charge is 0.573 e. The molecule has 124 valence electrons. The Balaban J connectivity index is 1.87. The molecule has 1 aliphatic heterocycles. The van der Waals surface area contributed by atoms with Crippen LogP contribution in [0.25, 0.3) is 22.7 Å². The van der Waals surface area contributed by atoms with Crippen molar-refractivity contribution in [2.24, 2.45) is 0 Å². The molecule has 0 atom stereocenters. The summed E-state index contributed by atoms with van der Waals surface area (Å²) in [6, 6.07) is 5.44. The third kappa shape index (κ3) is 2.41. The highest BCUT2D eigenvalue weighted by Gasteiger charge is 2.33. The van der Waals surface area contributed by atoms with Crippen LogP contribution in [0.3, 0.4) is 0 Å². The van der Waals surface area contributed by atoms with Gasteiger partial charge in [-0.15, -0.1) is 13.2 Å². The van der Waals surface area contributed by atoms with Gasteiger partial charge < -0.3 is 9.15 Å². The molecule has 0 spiro atoms. The smallest absolute Gasteiger partial charge is 0.417 e. The molecule has 2 aromatic heterocycles. The van der Waals surface area contributed by atoms with Gasteiger partial charge in [0.15, 0.2) is 5.52 Å². The summed E-state index contributed by atoms with van der Waals surface area (Å²) in [6.45, 7) is 0.549. The highest BCUT2D eigenvalue weighted by Crippen LogP contribution is 2.34. The Labute approximate surface area is 132 Å². The van der Waals surface area contributed by atoms with Crippen LogP contribution in [0.4, 0.5) is 13.2 Å². The van der Waals surface area contributed by atoms with Crippen LogP contribution in [0.1, 0.15) is 12.2 Å². The molecule has 0 radical (unpaired) electrons. The molecule has 0 N–H and O–H groups in total. The fourth-order valence-corrected chi connectivity index (χ4v) is 2.74. The molecule has 0 unspecified atom stereocenters. The van der Waals surface area contributed by atoms with Crippen molar-refractivity contribution in [3.8, 4) is 17.2 Å². The van der Waals surface area contributed by atoms with E-state index in [4.69, 9.17) is 4.42 Å². The lowest BCUT2D eigenvalue weighted by atomic mass is 10.2. The van der Waals surface area contributed by atoms with Crippen molar-refractivity contribution in [3.05, 3.63) is 40.4 Å². The fourth-order valence-electron chi connectivity index (χ4n) is 2.74. The number of ether oxygens (including phenoxy) is 1. The molecule has 24 heavy (non-hydrogen) atoms. The van der Waals surface area contributed by atoms with Gasteiger partial charge in [0, 0.05) is 13.0 Å². The van der Waals surface area contributed by atoms with Crippen LogP contribution in [-0.4, -0.2) is 20.9 Å². The molecule has 3 heterocycles. The maximum Gasteiger partial charge on any atom is 0.573 e. The second kappa shape index (κ2) is 5.08. The summed E-state index contributed by atoms with van der Waals surface area (Å²) in [5.41, 5.74) is -0.337. The van der Waals surface area contributed by atoms with Gasteiger partial charge in [0.05, 0.1) is 5.56 Å². The van der Waals surface area contributed by atoms with Crippen LogP contribution in [0.5, 0.6) is 5.75 Å². The van der Waals surface area contributed by atoms with E-state index in [9.17, 15) is 18.0 Å². The average molecular weight is 337 g/mol. The second-order valence-electron chi connectivity index (χ2n) is 5.31. The normalized spacial score (nSPS) is 14.1. The van der Waals surface area contributed by atoms with Gasteiger partial charge in [-0.25, -0.2) is 4.98 Å². The SMILES string of the molecule is O=c1c2nc(-c3ccccc3OC(F)(F)F)oc2nc2n1CCC2. The molecule has 0 fully saturated rings. The van der Waals surface area contributed by atoms with Crippen molar-refractivity contribution in [3.63, 3.8) is 0 Å². The van der Waals surface area contributed by atoms with Crippen molar-refractivity contribution >= 4 is 11.2 Å². The van der Waals surface area contributed by atoms with E-state index in [1.807, 2.05) is 0 Å². The minimum Gasteiger partial charge on any atom is -0.417 e. The van der Waals surface area contributed by atoms with Gasteiger partial charge in [-0.1, -0.05) is 12.1 Å². The van der Waals surface area contributed by atoms with Crippen LogP contribution in [0, 0.1) is 0 Å². The highest BCUT2D eigenvalue weighted by atomic mass is 19.4. The zero-order chi connectivity index (χ0) is 16.9. The van der Waals surface area contributed by atoms with E-state index < -0.39 is 12.1 Å². The Hall–Kier alpha value is -2.84. The summed E-state index contributed by atoms with van der Waals surface area (Å²) in [5.74, 6) is -0.00190. The monoisotopic (exact) mass is 337 g/mol. The number of rotatable bonds is 2. The first-order chi connectivity index (χ1) is 11.4. The standard InChI is InChI=1S/C15H10F3N3O3/c16-15(17,18)24-9-5-2-1-4-8(9)12-20-11-13(23-12)19-10-6-3-7-21(10)14(11)22/h1-2,4-5H,3,6-7H2. The van der Waals surface area contributed by atoms with E-state index in [2.05, 4.69) is 14.7 Å². The number of aryl methyl sites for hydroxylation is 1. The molecule has 0 aliphatic carbocycles. The molecule has 0 amide bonds. The summed E-state index contributed by atoms with van der Waals surface area (Å²) in [6.07, 6.45) is -3.39. The molecule has 1 aliphatic rings. The predicted molar refractivity (Wildman–Crippen MR) is 76.5 cm³/mol. The molecule has 0 saturated carbocycles. The Morgan fingerprint density at radius 1 is 1.21 bits per heavy atom. The Kier molecular flexibility index (Phi) is 3.12. The first-order valence-corrected chi connectivity index (χ1v) is 7.18. The number of alkyl halides is 3. The van der Waals surface area contributed by atoms with Gasteiger partial charge in [0.25, 0.3) is 11.3 Å². The van der Waals surface area contributed by atoms with Gasteiger partial charge in [-0.05, 0) is 18.6 Å². The van der Waals surface area contributed by atoms with Crippen molar-refractivity contribution in [2.45, 2.75) is 25.7 Å². The maximum atomic E-state index is 12.5. The number of para-hydroxylation sites is 1. The number of aromatic nitrogens is 3. The van der Waals surface area contributed by atoms with Crippen molar-refractivity contribution in [2.75, 3.05) is 0 Å². The van der Waals surface area contributed by atoms with Crippen molar-refractivity contribution < 1.29 is 22.3 Å². The van der Waals surface area contributed by atoms with E-state index in [1.165, 1.54) is 22.8 Å². The summed E-state index contributed by atoms with van der Waals surface area (Å²) >= 11 is 0. The minimum atomic E-state index is -4.85. The summed E-state index contributed by atoms with van der Waals surface area (Å²) in [7, 11) is 0. The van der Waals surface area contributed by atoms with Crippen LogP contribution < -0.4 is 10.3 Å². The summed E-state index contributed by atoms with van der Waals surface area (Å²) < 4.78 is 48.5. The third-order valence-corrected chi connectivity index (χ3v) is 3.72. The van der Waals surface area contributed by atoms with Gasteiger partial charge >= 0.3 is 6.36 Å². The van der Waals surface area contributed by atoms with E-state index in [1.54, 1.807) is 0 Å². The lowest BCUT2D eigenvalue weighted by Crippen LogP contribution is -2.20. The lowest BCUT2D eigenvalue weighted by molar-refractivity contribution is -0.274. The summed E-state index contributed by atoms with van der Waals surface area (Å²) in [4.78, 5) is 20.6. The summed E-state index contributed by atoms with van der Waals surface area (Å²) in [5, 5.41) is 0. The first kappa shape index (κ1) is 14.7. The van der Waals surface area contributed by atoms with Crippen LogP contribution in [-0.2, 0) is 13.0 Å². The minimum absolute atomic E-state index is 0.00235. The highest BCUT2D eigenvalue weighted by molar-refractivity contribution is 5.74. The fraction of sp³-hybridized carbons (Fsp3) is 0.267. The van der Waals surface area contributed by atoms with E-state index in [-0.39, 0.29) is 28.2 Å². The number of hydrogen-bond donors (Lipinski definition) is 0. The zero-order valence-electron chi connectivity index (χ0n) is 12.1. The first-order valence-electron chi connectivity index (χ1n) is 7.18. The lowest BCUT2D eigenvalue weighted by Gasteiger charge is -2.10. The second-order valence-corrected chi connectivity index (χ2v) is 5.31. The van der Waals surface area contributed by atoms with Gasteiger partial charge in [-0.3, -0.25) is 9.36 Å². The van der Waals surface area contributed by atoms with Crippen LogP contribution >= 0.6 is 0 Å². The molecule has 0 bridgehead atoms. The number of hydrogen-bond acceptors (Lipinski definition) is 5. The molecule has 1 aromatic carbocycles. The van der Waals surface area contributed by atoms with Gasteiger partial charge in [0.2, 0.25) is 5.89 Å². The number of nitrogens with zero attached hydrogens (tertiary/aromatic N) is 3. The average Bonchev–Trinajstić information content (AvgIpc) is 3.13. The number of halogens is 3. The maximum absolute atomic E-state index is 12.5. The number of fused-ring (bicyclic) bond motifs is 2. The number of benzene rings is 1. The molecule has 9 heteroatoms. The Bertz CT molecular complexity index is 991.